The second-order valence-corrected chi connectivity index (χ2v) is 7.13. The van der Waals surface area contributed by atoms with Crippen LogP contribution in [0.4, 0.5) is 13.6 Å². The molecule has 0 saturated carbocycles. The summed E-state index contributed by atoms with van der Waals surface area (Å²) in [6.07, 6.45) is 0. The summed E-state index contributed by atoms with van der Waals surface area (Å²) in [5, 5.41) is 5.63. The van der Waals surface area contributed by atoms with Gasteiger partial charge in [-0.2, -0.15) is 0 Å². The van der Waals surface area contributed by atoms with E-state index in [4.69, 9.17) is 9.47 Å². The third-order valence-corrected chi connectivity index (χ3v) is 4.66. The smallest absolute Gasteiger partial charge is 0.315 e. The van der Waals surface area contributed by atoms with Gasteiger partial charge in [-0.15, -0.1) is 0 Å². The first kappa shape index (κ1) is 19.9. The molecule has 0 bridgehead atoms. The van der Waals surface area contributed by atoms with E-state index in [2.05, 4.69) is 10.6 Å². The van der Waals surface area contributed by atoms with E-state index >= 15 is 0 Å². The lowest BCUT2D eigenvalue weighted by Crippen LogP contribution is -2.41. The third-order valence-electron chi connectivity index (χ3n) is 4.66. The predicted molar refractivity (Wildman–Crippen MR) is 101 cm³/mol. The maximum Gasteiger partial charge on any atom is 0.315 e. The number of carbonyl (C=O) groups excluding carboxylic acids is 1. The van der Waals surface area contributed by atoms with Crippen molar-refractivity contribution in [3.63, 3.8) is 0 Å². The van der Waals surface area contributed by atoms with Crippen molar-refractivity contribution in [1.82, 2.24) is 10.6 Å². The lowest BCUT2D eigenvalue weighted by molar-refractivity contribution is 0.171. The van der Waals surface area contributed by atoms with Gasteiger partial charge < -0.3 is 20.1 Å². The Morgan fingerprint density at radius 1 is 0.964 bits per heavy atom. The van der Waals surface area contributed by atoms with Crippen molar-refractivity contribution in [3.05, 3.63) is 59.2 Å². The molecule has 0 radical (unpaired) electrons. The highest BCUT2D eigenvalue weighted by molar-refractivity contribution is 5.75. The summed E-state index contributed by atoms with van der Waals surface area (Å²) in [6.45, 7) is 6.62. The van der Waals surface area contributed by atoms with E-state index in [0.29, 0.717) is 24.7 Å². The second-order valence-electron chi connectivity index (χ2n) is 7.13. The molecule has 28 heavy (non-hydrogen) atoms. The number of benzene rings is 2. The van der Waals surface area contributed by atoms with Gasteiger partial charge in [-0.1, -0.05) is 26.0 Å². The van der Waals surface area contributed by atoms with Gasteiger partial charge in [-0.05, 0) is 36.6 Å². The lowest BCUT2D eigenvalue weighted by Gasteiger charge is -2.26. The molecule has 7 heteroatoms. The van der Waals surface area contributed by atoms with Crippen LogP contribution < -0.4 is 20.1 Å². The van der Waals surface area contributed by atoms with Crippen LogP contribution in [-0.2, 0) is 0 Å². The van der Waals surface area contributed by atoms with Gasteiger partial charge in [-0.3, -0.25) is 0 Å². The molecule has 2 aromatic rings. The maximum absolute atomic E-state index is 13.9. The van der Waals surface area contributed by atoms with Gasteiger partial charge in [0.05, 0.1) is 12.1 Å². The monoisotopic (exact) mass is 390 g/mol. The second kappa shape index (κ2) is 8.46. The average Bonchev–Trinajstić information content (AvgIpc) is 2.65. The van der Waals surface area contributed by atoms with Crippen molar-refractivity contribution < 1.29 is 23.0 Å². The van der Waals surface area contributed by atoms with Gasteiger partial charge in [0.25, 0.3) is 0 Å². The minimum atomic E-state index is -0.694. The Balaban J connectivity index is 1.71. The molecule has 0 saturated heterocycles. The zero-order valence-electron chi connectivity index (χ0n) is 16.1. The normalized spacial score (nSPS) is 15.1. The van der Waals surface area contributed by atoms with Crippen molar-refractivity contribution >= 4 is 6.03 Å². The lowest BCUT2D eigenvalue weighted by atomic mass is 9.95. The molecule has 2 atom stereocenters. The van der Waals surface area contributed by atoms with Crippen LogP contribution >= 0.6 is 0 Å². The van der Waals surface area contributed by atoms with E-state index in [9.17, 15) is 13.6 Å². The summed E-state index contributed by atoms with van der Waals surface area (Å²) in [5.74, 6) is 0.0864. The number of rotatable bonds is 5. The molecule has 2 amide bonds. The van der Waals surface area contributed by atoms with Gasteiger partial charge in [0.15, 0.2) is 11.5 Å². The van der Waals surface area contributed by atoms with Crippen molar-refractivity contribution in [2.24, 2.45) is 5.92 Å². The number of nitrogens with one attached hydrogen (secondary N) is 2. The van der Waals surface area contributed by atoms with Gasteiger partial charge in [0, 0.05) is 11.6 Å². The van der Waals surface area contributed by atoms with Crippen molar-refractivity contribution in [2.45, 2.75) is 32.9 Å². The van der Waals surface area contributed by atoms with E-state index < -0.39 is 23.7 Å². The van der Waals surface area contributed by atoms with Gasteiger partial charge in [0.1, 0.15) is 24.8 Å². The summed E-state index contributed by atoms with van der Waals surface area (Å²) in [4.78, 5) is 12.5. The molecule has 1 heterocycles. The Hall–Kier alpha value is -2.83. The number of urea groups is 1. The molecular formula is C21H24F2N2O3. The van der Waals surface area contributed by atoms with Crippen LogP contribution in [0.25, 0.3) is 0 Å². The van der Waals surface area contributed by atoms with Crippen LogP contribution in [0, 0.1) is 17.6 Å². The molecule has 0 fully saturated rings. The third kappa shape index (κ3) is 4.52. The standard InChI is InChI=1S/C21H24F2N2O3/c1-12(2)20(14-4-7-18-19(10-14)28-9-8-27-18)25-21(26)24-13(3)16-6-5-15(22)11-17(16)23/h4-7,10-13,20H,8-9H2,1-3H3,(H2,24,25,26). The topological polar surface area (TPSA) is 59.6 Å². The molecule has 150 valence electrons. The Labute approximate surface area is 163 Å². The fraction of sp³-hybridized carbons (Fsp3) is 0.381. The average molecular weight is 390 g/mol. The van der Waals surface area contributed by atoms with Crippen LogP contribution in [0.5, 0.6) is 11.5 Å². The van der Waals surface area contributed by atoms with E-state index in [0.717, 1.165) is 11.6 Å². The van der Waals surface area contributed by atoms with E-state index in [-0.39, 0.29) is 17.5 Å². The predicted octanol–water partition coefficient (Wildman–Crippen LogP) is 4.49. The van der Waals surface area contributed by atoms with E-state index in [1.54, 1.807) is 6.92 Å². The van der Waals surface area contributed by atoms with Gasteiger partial charge in [-0.25, -0.2) is 13.6 Å². The molecule has 2 unspecified atom stereocenters. The Morgan fingerprint density at radius 3 is 2.36 bits per heavy atom. The number of hydrogen-bond donors (Lipinski definition) is 2. The first-order valence-corrected chi connectivity index (χ1v) is 9.26. The van der Waals surface area contributed by atoms with Crippen LogP contribution in [0.3, 0.4) is 0 Å². The molecule has 0 aliphatic carbocycles. The van der Waals surface area contributed by atoms with Crippen LogP contribution in [0.2, 0.25) is 0 Å². The molecule has 1 aliphatic rings. The number of hydrogen-bond acceptors (Lipinski definition) is 3. The first-order chi connectivity index (χ1) is 13.3. The number of carbonyl (C=O) groups is 1. The Kier molecular flexibility index (Phi) is 6.02. The fourth-order valence-electron chi connectivity index (χ4n) is 3.20. The van der Waals surface area contributed by atoms with Gasteiger partial charge in [0.2, 0.25) is 0 Å². The first-order valence-electron chi connectivity index (χ1n) is 9.26. The highest BCUT2D eigenvalue weighted by Gasteiger charge is 2.23. The molecule has 3 rings (SSSR count). The zero-order chi connectivity index (χ0) is 20.3. The highest BCUT2D eigenvalue weighted by atomic mass is 19.1. The molecular weight excluding hydrogens is 366 g/mol. The largest absolute Gasteiger partial charge is 0.486 e. The van der Waals surface area contributed by atoms with Crippen molar-refractivity contribution in [1.29, 1.82) is 0 Å². The van der Waals surface area contributed by atoms with Crippen molar-refractivity contribution in [2.75, 3.05) is 13.2 Å². The van der Waals surface area contributed by atoms with E-state index in [1.165, 1.54) is 12.1 Å². The Morgan fingerprint density at radius 2 is 1.68 bits per heavy atom. The van der Waals surface area contributed by atoms with Crippen LogP contribution in [0.15, 0.2) is 36.4 Å². The van der Waals surface area contributed by atoms with Gasteiger partial charge >= 0.3 is 6.03 Å². The maximum atomic E-state index is 13.9. The van der Waals surface area contributed by atoms with E-state index in [1.807, 2.05) is 32.0 Å². The SMILES string of the molecule is CC(NC(=O)NC(c1ccc2c(c1)OCCO2)C(C)C)c1ccc(F)cc1F. The molecule has 2 N–H and O–H groups in total. The molecule has 0 aromatic heterocycles. The molecule has 5 nitrogen and oxygen atoms in total. The quantitative estimate of drug-likeness (QED) is 0.791. The molecule has 2 aromatic carbocycles. The summed E-state index contributed by atoms with van der Waals surface area (Å²) in [5.41, 5.74) is 1.10. The summed E-state index contributed by atoms with van der Waals surface area (Å²) >= 11 is 0. The molecule has 1 aliphatic heterocycles. The Bertz CT molecular complexity index is 858. The number of amides is 2. The zero-order valence-corrected chi connectivity index (χ0v) is 16.1. The number of ether oxygens (including phenoxy) is 2. The summed E-state index contributed by atoms with van der Waals surface area (Å²) in [7, 11) is 0. The fourth-order valence-corrected chi connectivity index (χ4v) is 3.20. The highest BCUT2D eigenvalue weighted by Crippen LogP contribution is 2.34. The molecule has 0 spiro atoms. The van der Waals surface area contributed by atoms with Crippen LogP contribution in [0.1, 0.15) is 44.0 Å². The number of halogens is 2. The summed E-state index contributed by atoms with van der Waals surface area (Å²) in [6, 6.07) is 7.55. The minimum absolute atomic E-state index is 0.103. The summed E-state index contributed by atoms with van der Waals surface area (Å²) < 4.78 is 38.2. The number of fused-ring (bicyclic) bond motifs is 1. The minimum Gasteiger partial charge on any atom is -0.486 e. The van der Waals surface area contributed by atoms with Crippen LogP contribution in [-0.4, -0.2) is 19.2 Å². The van der Waals surface area contributed by atoms with Crippen molar-refractivity contribution in [3.8, 4) is 11.5 Å².